The van der Waals surface area contributed by atoms with Gasteiger partial charge < -0.3 is 34.3 Å². The van der Waals surface area contributed by atoms with Crippen molar-refractivity contribution >= 4 is 11.9 Å². The van der Waals surface area contributed by atoms with E-state index in [-0.39, 0.29) is 12.3 Å². The highest BCUT2D eigenvalue weighted by atomic mass is 16.7. The molecule has 0 aromatic rings. The van der Waals surface area contributed by atoms with Gasteiger partial charge in [-0.2, -0.15) is 0 Å². The molecule has 2 saturated carbocycles. The van der Waals surface area contributed by atoms with E-state index < -0.39 is 76.5 Å². The molecule has 1 unspecified atom stereocenters. The predicted molar refractivity (Wildman–Crippen MR) is 94.3 cm³/mol. The van der Waals surface area contributed by atoms with Crippen molar-refractivity contribution in [2.24, 2.45) is 23.2 Å². The highest BCUT2D eigenvalue weighted by molar-refractivity contribution is 5.84. The number of methoxy groups -OCH3 is 1. The van der Waals surface area contributed by atoms with Crippen molar-refractivity contribution < 1.29 is 43.9 Å². The van der Waals surface area contributed by atoms with Crippen LogP contribution >= 0.6 is 0 Å². The summed E-state index contributed by atoms with van der Waals surface area (Å²) >= 11 is 0. The number of ether oxygens (including phenoxy) is 4. The number of aliphatic hydroxyl groups excluding tert-OH is 1. The van der Waals surface area contributed by atoms with Gasteiger partial charge in [0, 0.05) is 24.9 Å². The molecule has 3 N–H and O–H groups in total. The molecule has 5 aliphatic rings. The van der Waals surface area contributed by atoms with Gasteiger partial charge in [-0.15, -0.1) is 0 Å². The van der Waals surface area contributed by atoms with Crippen molar-refractivity contribution in [2.45, 2.75) is 81.4 Å². The van der Waals surface area contributed by atoms with Gasteiger partial charge in [-0.05, 0) is 12.8 Å². The number of carbonyl (C=O) groups excluding carboxylic acids is 2. The third-order valence-corrected chi connectivity index (χ3v) is 8.65. The molecular formula is C20H28O9. The molecule has 11 atom stereocenters. The summed E-state index contributed by atoms with van der Waals surface area (Å²) in [4.78, 5) is 25.6. The summed E-state index contributed by atoms with van der Waals surface area (Å²) in [5.74, 6) is -3.11. The molecule has 162 valence electrons. The maximum Gasteiger partial charge on any atom is 0.341 e. The zero-order valence-electron chi connectivity index (χ0n) is 17.1. The molecule has 3 heterocycles. The molecule has 0 amide bonds. The number of esters is 2. The largest absolute Gasteiger partial charge is 0.456 e. The van der Waals surface area contributed by atoms with Gasteiger partial charge in [-0.3, -0.25) is 4.79 Å². The summed E-state index contributed by atoms with van der Waals surface area (Å²) in [5.41, 5.74) is -5.79. The SMILES string of the molecule is CO[C@@H]1[C@@H]2OC(=O)[C@H]([C@@H]3[C@H]4O[C@H]4[C@]4(C[C@@](O)(C(C)O)C(=O)O4)[C@@]31C)[C@]2(O)C(C)C. The van der Waals surface area contributed by atoms with E-state index in [2.05, 4.69) is 0 Å². The number of hydrogen-bond donors (Lipinski definition) is 3. The Morgan fingerprint density at radius 1 is 1.17 bits per heavy atom. The summed E-state index contributed by atoms with van der Waals surface area (Å²) in [7, 11) is 1.47. The van der Waals surface area contributed by atoms with Crippen LogP contribution in [0.4, 0.5) is 0 Å². The monoisotopic (exact) mass is 412 g/mol. The van der Waals surface area contributed by atoms with Gasteiger partial charge in [0.05, 0.1) is 18.1 Å². The molecule has 1 spiro atoms. The molecule has 0 aromatic carbocycles. The summed E-state index contributed by atoms with van der Waals surface area (Å²) in [6.45, 7) is 6.84. The first-order chi connectivity index (χ1) is 13.4. The molecule has 3 aliphatic heterocycles. The third-order valence-electron chi connectivity index (χ3n) is 8.65. The van der Waals surface area contributed by atoms with E-state index in [1.807, 2.05) is 20.8 Å². The van der Waals surface area contributed by atoms with Crippen molar-refractivity contribution in [3.63, 3.8) is 0 Å². The molecule has 0 aromatic heterocycles. The average molecular weight is 412 g/mol. The molecule has 2 aliphatic carbocycles. The van der Waals surface area contributed by atoms with Crippen LogP contribution in [0.3, 0.4) is 0 Å². The van der Waals surface area contributed by atoms with Crippen LogP contribution in [-0.4, -0.2) is 81.7 Å². The van der Waals surface area contributed by atoms with E-state index in [0.29, 0.717) is 0 Å². The molecule has 29 heavy (non-hydrogen) atoms. The van der Waals surface area contributed by atoms with Crippen LogP contribution in [0.15, 0.2) is 0 Å². The summed E-state index contributed by atoms with van der Waals surface area (Å²) in [6, 6.07) is 0. The Labute approximate surface area is 168 Å². The maximum atomic E-state index is 12.9. The normalized spacial score (nSPS) is 58.2. The summed E-state index contributed by atoms with van der Waals surface area (Å²) < 4.78 is 23.2. The number of fused-ring (bicyclic) bond motifs is 8. The van der Waals surface area contributed by atoms with Crippen LogP contribution in [0.2, 0.25) is 0 Å². The van der Waals surface area contributed by atoms with Gasteiger partial charge in [-0.25, -0.2) is 4.79 Å². The minimum Gasteiger partial charge on any atom is -0.456 e. The van der Waals surface area contributed by atoms with Crippen LogP contribution in [0.25, 0.3) is 0 Å². The topological polar surface area (TPSA) is 135 Å². The highest BCUT2D eigenvalue weighted by Gasteiger charge is 2.90. The minimum atomic E-state index is -2.08. The third kappa shape index (κ3) is 1.82. The van der Waals surface area contributed by atoms with Gasteiger partial charge in [0.1, 0.15) is 17.8 Å². The predicted octanol–water partition coefficient (Wildman–Crippen LogP) is -0.855. The molecule has 5 fully saturated rings. The van der Waals surface area contributed by atoms with E-state index >= 15 is 0 Å². The molecule has 9 nitrogen and oxygen atoms in total. The number of rotatable bonds is 3. The van der Waals surface area contributed by atoms with E-state index in [9.17, 15) is 24.9 Å². The van der Waals surface area contributed by atoms with Gasteiger partial charge in [0.25, 0.3) is 0 Å². The van der Waals surface area contributed by atoms with Gasteiger partial charge in [0.2, 0.25) is 0 Å². The Morgan fingerprint density at radius 3 is 2.34 bits per heavy atom. The van der Waals surface area contributed by atoms with Crippen molar-refractivity contribution in [2.75, 3.05) is 7.11 Å². The Bertz CT molecular complexity index is 797. The van der Waals surface area contributed by atoms with Gasteiger partial charge in [0.15, 0.2) is 17.3 Å². The minimum absolute atomic E-state index is 0.182. The summed E-state index contributed by atoms with van der Waals surface area (Å²) in [5, 5.41) is 32.6. The second-order valence-electron chi connectivity index (χ2n) is 9.92. The van der Waals surface area contributed by atoms with E-state index in [4.69, 9.17) is 18.9 Å². The lowest BCUT2D eigenvalue weighted by Gasteiger charge is -2.57. The van der Waals surface area contributed by atoms with Crippen LogP contribution in [0.1, 0.15) is 34.1 Å². The lowest BCUT2D eigenvalue weighted by atomic mass is 9.50. The van der Waals surface area contributed by atoms with Crippen LogP contribution in [0.5, 0.6) is 0 Å². The first kappa shape index (κ1) is 19.7. The zero-order chi connectivity index (χ0) is 21.3. The second kappa shape index (κ2) is 5.31. The fourth-order valence-electron chi connectivity index (χ4n) is 6.98. The lowest BCUT2D eigenvalue weighted by Crippen LogP contribution is -2.71. The standard InChI is InChI=1S/C20H28O9/c1-7(2)20(25)10-9-11-12(27-11)19(6-18(24,8(3)21)16(23)29-19)17(9,4)13(26-5)14(20)28-15(10)22/h7-14,21,24-25H,6H2,1-5H3/t8?,9-,10+,11-,12-,13-,14+,17+,18-,19-,20-/m1/s1. The Hall–Kier alpha value is -1.26. The number of carbonyl (C=O) groups is 2. The van der Waals surface area contributed by atoms with Crippen LogP contribution in [0, 0.1) is 23.2 Å². The fourth-order valence-corrected chi connectivity index (χ4v) is 6.98. The number of epoxide rings is 1. The van der Waals surface area contributed by atoms with Crippen LogP contribution in [-0.2, 0) is 28.5 Å². The quantitative estimate of drug-likeness (QED) is 0.400. The number of aliphatic hydroxyl groups is 3. The van der Waals surface area contributed by atoms with Crippen LogP contribution < -0.4 is 0 Å². The Morgan fingerprint density at radius 2 is 1.83 bits per heavy atom. The van der Waals surface area contributed by atoms with E-state index in [0.717, 1.165) is 0 Å². The van der Waals surface area contributed by atoms with E-state index in [1.54, 1.807) is 0 Å². The molecule has 9 heteroatoms. The zero-order valence-corrected chi connectivity index (χ0v) is 17.1. The molecular weight excluding hydrogens is 384 g/mol. The fraction of sp³-hybridized carbons (Fsp3) is 0.900. The van der Waals surface area contributed by atoms with Crippen molar-refractivity contribution in [1.29, 1.82) is 0 Å². The first-order valence-corrected chi connectivity index (χ1v) is 10.2. The number of hydrogen-bond acceptors (Lipinski definition) is 9. The molecule has 2 bridgehead atoms. The van der Waals surface area contributed by atoms with Crippen molar-refractivity contribution in [1.82, 2.24) is 0 Å². The second-order valence-corrected chi connectivity index (χ2v) is 9.92. The first-order valence-electron chi connectivity index (χ1n) is 10.2. The molecule has 5 rings (SSSR count). The highest BCUT2D eigenvalue weighted by Crippen LogP contribution is 2.74. The van der Waals surface area contributed by atoms with Crippen molar-refractivity contribution in [3.05, 3.63) is 0 Å². The summed E-state index contributed by atoms with van der Waals surface area (Å²) in [6.07, 6.45) is -4.25. The van der Waals surface area contributed by atoms with Gasteiger partial charge in [-0.1, -0.05) is 20.8 Å². The maximum absolute atomic E-state index is 12.9. The van der Waals surface area contributed by atoms with Crippen molar-refractivity contribution in [3.8, 4) is 0 Å². The molecule has 0 radical (unpaired) electrons. The Kier molecular flexibility index (Phi) is 3.61. The smallest absolute Gasteiger partial charge is 0.341 e. The van der Waals surface area contributed by atoms with E-state index in [1.165, 1.54) is 14.0 Å². The Balaban J connectivity index is 1.69. The average Bonchev–Trinajstić information content (AvgIpc) is 3.28. The molecule has 3 saturated heterocycles. The lowest BCUT2D eigenvalue weighted by molar-refractivity contribution is -0.264. The van der Waals surface area contributed by atoms with Gasteiger partial charge >= 0.3 is 11.9 Å².